The van der Waals surface area contributed by atoms with Crippen LogP contribution in [-0.2, 0) is 4.79 Å². The van der Waals surface area contributed by atoms with Gasteiger partial charge < -0.3 is 15.5 Å². The second-order valence-corrected chi connectivity index (χ2v) is 6.26. The van der Waals surface area contributed by atoms with E-state index in [1.54, 1.807) is 0 Å². The van der Waals surface area contributed by atoms with E-state index in [-0.39, 0.29) is 18.6 Å². The number of rotatable bonds is 16. The molecule has 0 fully saturated rings. The van der Waals surface area contributed by atoms with E-state index in [0.717, 1.165) is 44.9 Å². The van der Waals surface area contributed by atoms with Crippen molar-refractivity contribution in [3.63, 3.8) is 0 Å². The van der Waals surface area contributed by atoms with E-state index < -0.39 is 0 Å². The summed E-state index contributed by atoms with van der Waals surface area (Å²) in [5.74, 6) is 0.0207. The Labute approximate surface area is 148 Å². The van der Waals surface area contributed by atoms with E-state index in [4.69, 9.17) is 5.11 Å². The molecule has 4 heteroatoms. The van der Waals surface area contributed by atoms with Crippen molar-refractivity contribution in [2.24, 2.45) is 0 Å². The summed E-state index contributed by atoms with van der Waals surface area (Å²) in [6.07, 6.45) is 19.0. The van der Waals surface area contributed by atoms with Crippen molar-refractivity contribution >= 4 is 5.91 Å². The Morgan fingerprint density at radius 3 is 2.54 bits per heavy atom. The van der Waals surface area contributed by atoms with Gasteiger partial charge in [-0.15, -0.1) is 0 Å². The molecule has 0 aliphatic heterocycles. The Balaban J connectivity index is 3.42. The van der Waals surface area contributed by atoms with Gasteiger partial charge in [-0.2, -0.15) is 0 Å². The molecule has 0 aliphatic rings. The number of hydrogen-bond donors (Lipinski definition) is 3. The molecule has 0 heterocycles. The van der Waals surface area contributed by atoms with Gasteiger partial charge in [-0.1, -0.05) is 69.8 Å². The predicted molar refractivity (Wildman–Crippen MR) is 101 cm³/mol. The summed E-state index contributed by atoms with van der Waals surface area (Å²) in [7, 11) is 0. The van der Waals surface area contributed by atoms with Gasteiger partial charge in [0.05, 0.1) is 12.7 Å². The highest BCUT2D eigenvalue weighted by Crippen LogP contribution is 2.09. The molecular formula is C20H37NO3. The molecule has 3 N–H and O–H groups in total. The monoisotopic (exact) mass is 339 g/mol. The lowest BCUT2D eigenvalue weighted by Crippen LogP contribution is -2.25. The van der Waals surface area contributed by atoms with Gasteiger partial charge in [0.2, 0.25) is 5.91 Å². The summed E-state index contributed by atoms with van der Waals surface area (Å²) in [5, 5.41) is 21.1. The number of carbonyl (C=O) groups is 1. The maximum absolute atomic E-state index is 11.3. The summed E-state index contributed by atoms with van der Waals surface area (Å²) in [6.45, 7) is 2.55. The third kappa shape index (κ3) is 17.2. The van der Waals surface area contributed by atoms with Crippen LogP contribution in [-0.4, -0.2) is 35.4 Å². The van der Waals surface area contributed by atoms with Crippen LogP contribution >= 0.6 is 0 Å². The summed E-state index contributed by atoms with van der Waals surface area (Å²) < 4.78 is 0. The molecule has 0 radical (unpaired) electrons. The average Bonchev–Trinajstić information content (AvgIpc) is 2.58. The Morgan fingerprint density at radius 2 is 1.79 bits per heavy atom. The number of amides is 1. The first kappa shape index (κ1) is 22.9. The van der Waals surface area contributed by atoms with E-state index in [1.165, 1.54) is 19.3 Å². The lowest BCUT2D eigenvalue weighted by Gasteiger charge is -2.05. The van der Waals surface area contributed by atoms with Gasteiger partial charge in [0, 0.05) is 13.0 Å². The molecule has 24 heavy (non-hydrogen) atoms. The molecule has 140 valence electrons. The molecular weight excluding hydrogens is 302 g/mol. The van der Waals surface area contributed by atoms with E-state index in [0.29, 0.717) is 13.0 Å². The molecule has 0 saturated heterocycles. The Bertz CT molecular complexity index is 340. The minimum atomic E-state index is -0.352. The highest BCUT2D eigenvalue weighted by Gasteiger charge is 2.01. The molecule has 4 nitrogen and oxygen atoms in total. The van der Waals surface area contributed by atoms with Gasteiger partial charge in [0.25, 0.3) is 0 Å². The predicted octanol–water partition coefficient (Wildman–Crippen LogP) is 3.88. The summed E-state index contributed by atoms with van der Waals surface area (Å²) >= 11 is 0. The smallest absolute Gasteiger partial charge is 0.220 e. The highest BCUT2D eigenvalue weighted by molar-refractivity contribution is 5.75. The van der Waals surface area contributed by atoms with Crippen LogP contribution in [0.5, 0.6) is 0 Å². The minimum absolute atomic E-state index is 0.00282. The first-order valence-corrected chi connectivity index (χ1v) is 9.59. The van der Waals surface area contributed by atoms with E-state index in [9.17, 15) is 9.90 Å². The fourth-order valence-electron chi connectivity index (χ4n) is 2.43. The number of allylic oxidation sites excluding steroid dienone is 3. The quantitative estimate of drug-likeness (QED) is 0.295. The Kier molecular flexibility index (Phi) is 17.4. The number of carbonyl (C=O) groups excluding carboxylic acids is 1. The molecule has 0 aromatic rings. The van der Waals surface area contributed by atoms with Crippen LogP contribution in [0.1, 0.15) is 77.6 Å². The maximum Gasteiger partial charge on any atom is 0.220 e. The average molecular weight is 340 g/mol. The van der Waals surface area contributed by atoms with Crippen molar-refractivity contribution in [2.75, 3.05) is 13.2 Å². The van der Waals surface area contributed by atoms with Crippen molar-refractivity contribution in [1.29, 1.82) is 0 Å². The molecule has 1 atom stereocenters. The molecule has 0 bridgehead atoms. The molecule has 0 rings (SSSR count). The fourth-order valence-corrected chi connectivity index (χ4v) is 2.43. The number of aliphatic hydroxyl groups is 2. The van der Waals surface area contributed by atoms with Crippen LogP contribution in [0.2, 0.25) is 0 Å². The molecule has 1 amide bonds. The second kappa shape index (κ2) is 18.2. The van der Waals surface area contributed by atoms with Crippen LogP contribution in [0.15, 0.2) is 24.3 Å². The third-order valence-electron chi connectivity index (χ3n) is 3.89. The Morgan fingerprint density at radius 1 is 1.04 bits per heavy atom. The standard InChI is InChI=1S/C20H37NO3/c1-2-3-4-5-6-8-11-14-19(23)15-12-9-7-10-13-16-20(24)21-17-18-22/h6,8,11,14,19,22-23H,2-5,7,9-10,12-13,15-18H2,1H3,(H,21,24)/b8-6-,14-11+/t19-/m1/s1. The zero-order valence-electron chi connectivity index (χ0n) is 15.4. The van der Waals surface area contributed by atoms with E-state index in [2.05, 4.69) is 18.3 Å². The number of hydrogen-bond acceptors (Lipinski definition) is 3. The lowest BCUT2D eigenvalue weighted by molar-refractivity contribution is -0.121. The molecule has 0 unspecified atom stereocenters. The third-order valence-corrected chi connectivity index (χ3v) is 3.89. The SMILES string of the molecule is CCCCC/C=C\C=C\[C@@H](O)CCCCCCCC(=O)NCCO. The first-order valence-electron chi connectivity index (χ1n) is 9.59. The van der Waals surface area contributed by atoms with Gasteiger partial charge >= 0.3 is 0 Å². The van der Waals surface area contributed by atoms with E-state index in [1.807, 2.05) is 18.2 Å². The number of unbranched alkanes of at least 4 members (excludes halogenated alkanes) is 7. The Hall–Kier alpha value is -1.13. The zero-order chi connectivity index (χ0) is 17.9. The lowest BCUT2D eigenvalue weighted by atomic mass is 10.1. The van der Waals surface area contributed by atoms with Crippen LogP contribution in [0.3, 0.4) is 0 Å². The van der Waals surface area contributed by atoms with Crippen molar-refractivity contribution < 1.29 is 15.0 Å². The zero-order valence-corrected chi connectivity index (χ0v) is 15.4. The van der Waals surface area contributed by atoms with Crippen LogP contribution in [0, 0.1) is 0 Å². The summed E-state index contributed by atoms with van der Waals surface area (Å²) in [6, 6.07) is 0. The van der Waals surface area contributed by atoms with Crippen molar-refractivity contribution in [1.82, 2.24) is 5.32 Å². The second-order valence-electron chi connectivity index (χ2n) is 6.26. The number of nitrogens with one attached hydrogen (secondary N) is 1. The molecule has 0 aliphatic carbocycles. The molecule has 0 saturated carbocycles. The molecule has 0 spiro atoms. The van der Waals surface area contributed by atoms with Crippen LogP contribution in [0.25, 0.3) is 0 Å². The largest absolute Gasteiger partial charge is 0.395 e. The maximum atomic E-state index is 11.3. The van der Waals surface area contributed by atoms with Gasteiger partial charge in [0.1, 0.15) is 0 Å². The van der Waals surface area contributed by atoms with Gasteiger partial charge in [-0.05, 0) is 25.7 Å². The van der Waals surface area contributed by atoms with Gasteiger partial charge in [-0.25, -0.2) is 0 Å². The van der Waals surface area contributed by atoms with Crippen LogP contribution in [0.4, 0.5) is 0 Å². The highest BCUT2D eigenvalue weighted by atomic mass is 16.3. The summed E-state index contributed by atoms with van der Waals surface area (Å²) in [4.78, 5) is 11.3. The van der Waals surface area contributed by atoms with Crippen molar-refractivity contribution in [2.45, 2.75) is 83.7 Å². The first-order chi connectivity index (χ1) is 11.7. The van der Waals surface area contributed by atoms with Crippen LogP contribution < -0.4 is 5.32 Å². The minimum Gasteiger partial charge on any atom is -0.395 e. The summed E-state index contributed by atoms with van der Waals surface area (Å²) in [5.41, 5.74) is 0. The topological polar surface area (TPSA) is 69.6 Å². The molecule has 0 aromatic heterocycles. The van der Waals surface area contributed by atoms with E-state index >= 15 is 0 Å². The molecule has 0 aromatic carbocycles. The number of aliphatic hydroxyl groups excluding tert-OH is 2. The van der Waals surface area contributed by atoms with Gasteiger partial charge in [0.15, 0.2) is 0 Å². The van der Waals surface area contributed by atoms with Crippen molar-refractivity contribution in [3.05, 3.63) is 24.3 Å². The fraction of sp³-hybridized carbons (Fsp3) is 0.750. The van der Waals surface area contributed by atoms with Gasteiger partial charge in [-0.3, -0.25) is 4.79 Å². The normalized spacial score (nSPS) is 13.0. The van der Waals surface area contributed by atoms with Crippen molar-refractivity contribution in [3.8, 4) is 0 Å².